The molecule has 0 aromatic heterocycles. The number of anilines is 1. The molecule has 0 aliphatic carbocycles. The maximum Gasteiger partial charge on any atom is 0.274 e. The van der Waals surface area contributed by atoms with Gasteiger partial charge in [0.2, 0.25) is 10.0 Å². The lowest BCUT2D eigenvalue weighted by Crippen LogP contribution is -2.15. The number of amides is 1. The first-order valence-electron chi connectivity index (χ1n) is 7.12. The summed E-state index contributed by atoms with van der Waals surface area (Å²) in [4.78, 5) is 16.5. The fourth-order valence-electron chi connectivity index (χ4n) is 2.42. The van der Waals surface area contributed by atoms with E-state index < -0.39 is 10.0 Å². The van der Waals surface area contributed by atoms with Crippen LogP contribution in [0.1, 0.15) is 11.1 Å². The average Bonchev–Trinajstić information content (AvgIpc) is 2.82. The molecule has 6 nitrogen and oxygen atoms in total. The third kappa shape index (κ3) is 3.55. The monoisotopic (exact) mass is 407 g/mol. The molecule has 1 aliphatic heterocycles. The van der Waals surface area contributed by atoms with E-state index in [1.54, 1.807) is 12.1 Å². The minimum Gasteiger partial charge on any atom is -0.320 e. The van der Waals surface area contributed by atoms with Gasteiger partial charge < -0.3 is 5.32 Å². The average molecular weight is 408 g/mol. The number of carbonyl (C=O) groups excluding carboxylic acids is 1. The molecule has 0 bridgehead atoms. The minimum absolute atomic E-state index is 0.0755. The Balaban J connectivity index is 1.73. The summed E-state index contributed by atoms with van der Waals surface area (Å²) in [5.41, 5.74) is 2.85. The fraction of sp³-hybridized carbons (Fsp3) is 0.125. The largest absolute Gasteiger partial charge is 0.320 e. The zero-order valence-electron chi connectivity index (χ0n) is 12.5. The topological polar surface area (TPSA) is 102 Å². The van der Waals surface area contributed by atoms with Crippen LogP contribution < -0.4 is 10.5 Å². The molecule has 0 fully saturated rings. The SMILES string of the molecule is NS(=O)(=O)c1ccc(CCN=C2C(=O)Nc3ccc(Br)cc32)cc1. The maximum absolute atomic E-state index is 12.0. The van der Waals surface area contributed by atoms with Crippen molar-refractivity contribution in [1.29, 1.82) is 0 Å². The second-order valence-electron chi connectivity index (χ2n) is 5.31. The van der Waals surface area contributed by atoms with Gasteiger partial charge in [0, 0.05) is 16.6 Å². The third-order valence-electron chi connectivity index (χ3n) is 3.62. The van der Waals surface area contributed by atoms with E-state index in [4.69, 9.17) is 5.14 Å². The number of sulfonamides is 1. The highest BCUT2D eigenvalue weighted by atomic mass is 79.9. The molecule has 2 aromatic rings. The van der Waals surface area contributed by atoms with Gasteiger partial charge in [-0.1, -0.05) is 28.1 Å². The number of nitrogens with two attached hydrogens (primary N) is 1. The molecule has 0 radical (unpaired) electrons. The van der Waals surface area contributed by atoms with Gasteiger partial charge in [0.05, 0.1) is 10.6 Å². The van der Waals surface area contributed by atoms with E-state index >= 15 is 0 Å². The molecule has 3 N–H and O–H groups in total. The van der Waals surface area contributed by atoms with Crippen LogP contribution >= 0.6 is 15.9 Å². The summed E-state index contributed by atoms with van der Waals surface area (Å²) in [6.07, 6.45) is 0.588. The number of benzene rings is 2. The summed E-state index contributed by atoms with van der Waals surface area (Å²) >= 11 is 3.39. The van der Waals surface area contributed by atoms with Gasteiger partial charge in [-0.25, -0.2) is 13.6 Å². The lowest BCUT2D eigenvalue weighted by molar-refractivity contribution is -0.110. The summed E-state index contributed by atoms with van der Waals surface area (Å²) in [5.74, 6) is -0.215. The molecule has 1 heterocycles. The molecule has 24 heavy (non-hydrogen) atoms. The van der Waals surface area contributed by atoms with Crippen LogP contribution in [0.3, 0.4) is 0 Å². The van der Waals surface area contributed by atoms with E-state index in [2.05, 4.69) is 26.2 Å². The van der Waals surface area contributed by atoms with Crippen LogP contribution in [0, 0.1) is 0 Å². The molecule has 0 spiro atoms. The van der Waals surface area contributed by atoms with E-state index in [0.717, 1.165) is 21.3 Å². The van der Waals surface area contributed by atoms with Gasteiger partial charge in [-0.05, 0) is 42.3 Å². The predicted octanol–water partition coefficient (Wildman–Crippen LogP) is 2.08. The molecule has 0 unspecified atom stereocenters. The van der Waals surface area contributed by atoms with Crippen LogP contribution in [0.15, 0.2) is 56.8 Å². The summed E-state index contributed by atoms with van der Waals surface area (Å²) in [6, 6.07) is 11.9. The first-order valence-corrected chi connectivity index (χ1v) is 9.46. The number of hydrogen-bond donors (Lipinski definition) is 2. The Hall–Kier alpha value is -2.03. The highest BCUT2D eigenvalue weighted by Crippen LogP contribution is 2.26. The van der Waals surface area contributed by atoms with Crippen molar-refractivity contribution < 1.29 is 13.2 Å². The van der Waals surface area contributed by atoms with E-state index in [9.17, 15) is 13.2 Å². The summed E-state index contributed by atoms with van der Waals surface area (Å²) in [5, 5.41) is 7.84. The van der Waals surface area contributed by atoms with Crippen LogP contribution in [-0.4, -0.2) is 26.6 Å². The van der Waals surface area contributed by atoms with Crippen LogP contribution in [-0.2, 0) is 21.2 Å². The number of primary sulfonamides is 1. The number of carbonyl (C=O) groups is 1. The zero-order valence-corrected chi connectivity index (χ0v) is 14.9. The first kappa shape index (κ1) is 16.8. The normalized spacial score (nSPS) is 15.4. The standard InChI is InChI=1S/C16H14BrN3O3S/c17-11-3-6-14-13(9-11)15(16(21)20-14)19-8-7-10-1-4-12(5-2-10)24(18,22)23/h1-6,9H,7-8H2,(H2,18,22,23)(H,19,20,21). The second kappa shape index (κ2) is 6.46. The number of fused-ring (bicyclic) bond motifs is 1. The number of rotatable bonds is 4. The van der Waals surface area contributed by atoms with Gasteiger partial charge in [0.15, 0.2) is 0 Å². The predicted molar refractivity (Wildman–Crippen MR) is 95.7 cm³/mol. The number of hydrogen-bond acceptors (Lipinski definition) is 4. The molecular formula is C16H14BrN3O3S. The van der Waals surface area contributed by atoms with Crippen LogP contribution in [0.5, 0.6) is 0 Å². The van der Waals surface area contributed by atoms with Gasteiger partial charge in [-0.3, -0.25) is 9.79 Å². The van der Waals surface area contributed by atoms with Crippen molar-refractivity contribution in [2.24, 2.45) is 10.1 Å². The Bertz CT molecular complexity index is 938. The Morgan fingerprint density at radius 3 is 2.50 bits per heavy atom. The van der Waals surface area contributed by atoms with Crippen LogP contribution in [0.2, 0.25) is 0 Å². The van der Waals surface area contributed by atoms with Crippen molar-refractivity contribution in [3.63, 3.8) is 0 Å². The summed E-state index contributed by atoms with van der Waals surface area (Å²) in [7, 11) is -3.68. The molecule has 0 saturated carbocycles. The van der Waals surface area contributed by atoms with Crippen LogP contribution in [0.4, 0.5) is 5.69 Å². The minimum atomic E-state index is -3.68. The summed E-state index contributed by atoms with van der Waals surface area (Å²) in [6.45, 7) is 0.420. The van der Waals surface area contributed by atoms with E-state index in [-0.39, 0.29) is 10.8 Å². The highest BCUT2D eigenvalue weighted by Gasteiger charge is 2.25. The molecule has 124 valence electrons. The molecule has 0 saturated heterocycles. The van der Waals surface area contributed by atoms with E-state index in [1.165, 1.54) is 12.1 Å². The zero-order chi connectivity index (χ0) is 17.3. The molecule has 2 aromatic carbocycles. The molecule has 0 atom stereocenters. The Morgan fingerprint density at radius 2 is 1.83 bits per heavy atom. The Kier molecular flexibility index (Phi) is 4.53. The van der Waals surface area contributed by atoms with Crippen molar-refractivity contribution in [2.75, 3.05) is 11.9 Å². The van der Waals surface area contributed by atoms with Crippen molar-refractivity contribution in [1.82, 2.24) is 0 Å². The Labute approximate surface area is 148 Å². The van der Waals surface area contributed by atoms with Gasteiger partial charge >= 0.3 is 0 Å². The first-order chi connectivity index (χ1) is 11.3. The van der Waals surface area contributed by atoms with Crippen molar-refractivity contribution in [2.45, 2.75) is 11.3 Å². The maximum atomic E-state index is 12.0. The van der Waals surface area contributed by atoms with E-state index in [1.807, 2.05) is 18.2 Å². The molecule has 3 rings (SSSR count). The second-order valence-corrected chi connectivity index (χ2v) is 7.79. The van der Waals surface area contributed by atoms with Crippen LogP contribution in [0.25, 0.3) is 0 Å². The lowest BCUT2D eigenvalue weighted by atomic mass is 10.1. The van der Waals surface area contributed by atoms with E-state index in [0.29, 0.717) is 18.7 Å². The summed E-state index contributed by atoms with van der Waals surface area (Å²) < 4.78 is 23.3. The van der Waals surface area contributed by atoms with Crippen molar-refractivity contribution in [3.8, 4) is 0 Å². The smallest absolute Gasteiger partial charge is 0.274 e. The van der Waals surface area contributed by atoms with Crippen molar-refractivity contribution in [3.05, 3.63) is 58.1 Å². The third-order valence-corrected chi connectivity index (χ3v) is 5.04. The lowest BCUT2D eigenvalue weighted by Gasteiger charge is -2.02. The van der Waals surface area contributed by atoms with Gasteiger partial charge in [0.25, 0.3) is 5.91 Å². The molecular weight excluding hydrogens is 394 g/mol. The van der Waals surface area contributed by atoms with Gasteiger partial charge in [0.1, 0.15) is 5.71 Å². The number of aliphatic imine (C=N–C) groups is 1. The quantitative estimate of drug-likeness (QED) is 0.810. The number of nitrogens with zero attached hydrogens (tertiary/aromatic N) is 1. The highest BCUT2D eigenvalue weighted by molar-refractivity contribution is 9.10. The Morgan fingerprint density at radius 1 is 1.12 bits per heavy atom. The number of nitrogens with one attached hydrogen (secondary N) is 1. The number of halogens is 1. The molecule has 1 aliphatic rings. The molecule has 1 amide bonds. The van der Waals surface area contributed by atoms with Crippen molar-refractivity contribution >= 4 is 43.3 Å². The fourth-order valence-corrected chi connectivity index (χ4v) is 3.30. The molecule has 8 heteroatoms. The van der Waals surface area contributed by atoms with Gasteiger partial charge in [-0.2, -0.15) is 0 Å². The van der Waals surface area contributed by atoms with Gasteiger partial charge in [-0.15, -0.1) is 0 Å².